The van der Waals surface area contributed by atoms with E-state index in [-0.39, 0.29) is 5.92 Å². The minimum Gasteiger partial charge on any atom is -0.424 e. The lowest BCUT2D eigenvalue weighted by atomic mass is 9.96. The van der Waals surface area contributed by atoms with E-state index in [1.807, 2.05) is 0 Å². The Kier molecular flexibility index (Phi) is 3.83. The first-order chi connectivity index (χ1) is 11.5. The molecule has 24 heavy (non-hydrogen) atoms. The first kappa shape index (κ1) is 15.6. The van der Waals surface area contributed by atoms with Crippen molar-refractivity contribution in [2.75, 3.05) is 13.1 Å². The summed E-state index contributed by atoms with van der Waals surface area (Å²) in [4.78, 5) is 2.16. The second-order valence-electron chi connectivity index (χ2n) is 6.65. The molecular formula is C17H18F3N3O. The van der Waals surface area contributed by atoms with Gasteiger partial charge in [0.1, 0.15) is 0 Å². The second-order valence-corrected chi connectivity index (χ2v) is 6.65. The number of benzene rings is 1. The van der Waals surface area contributed by atoms with E-state index >= 15 is 0 Å². The van der Waals surface area contributed by atoms with Crippen molar-refractivity contribution in [3.63, 3.8) is 0 Å². The quantitative estimate of drug-likeness (QED) is 0.847. The highest BCUT2D eigenvalue weighted by molar-refractivity contribution is 5.29. The fourth-order valence-electron chi connectivity index (χ4n) is 3.23. The Balaban J connectivity index is 1.40. The molecule has 1 aliphatic heterocycles. The minimum absolute atomic E-state index is 0.109. The molecule has 0 N–H and O–H groups in total. The smallest absolute Gasteiger partial charge is 0.416 e. The molecule has 2 heterocycles. The second kappa shape index (κ2) is 5.88. The van der Waals surface area contributed by atoms with E-state index < -0.39 is 11.7 Å². The predicted octanol–water partition coefficient (Wildman–Crippen LogP) is 3.96. The van der Waals surface area contributed by atoms with Gasteiger partial charge in [0.05, 0.1) is 12.1 Å². The molecule has 4 nitrogen and oxygen atoms in total. The van der Waals surface area contributed by atoms with Crippen LogP contribution in [-0.4, -0.2) is 28.2 Å². The van der Waals surface area contributed by atoms with Crippen molar-refractivity contribution in [3.8, 4) is 0 Å². The van der Waals surface area contributed by atoms with Crippen molar-refractivity contribution in [1.29, 1.82) is 0 Å². The van der Waals surface area contributed by atoms with E-state index in [0.29, 0.717) is 24.9 Å². The summed E-state index contributed by atoms with van der Waals surface area (Å²) in [5, 5.41) is 8.15. The first-order valence-electron chi connectivity index (χ1n) is 8.21. The van der Waals surface area contributed by atoms with Crippen LogP contribution in [0.15, 0.2) is 28.7 Å². The van der Waals surface area contributed by atoms with E-state index in [1.54, 1.807) is 6.07 Å². The zero-order valence-electron chi connectivity index (χ0n) is 13.1. The maximum atomic E-state index is 12.9. The van der Waals surface area contributed by atoms with Crippen LogP contribution in [0.1, 0.15) is 54.0 Å². The van der Waals surface area contributed by atoms with E-state index in [1.165, 1.54) is 12.1 Å². The monoisotopic (exact) mass is 337 g/mol. The SMILES string of the molecule is FC(F)(F)c1cccc([C@@H]2CCN(Cc3nnc(C4CC4)o3)C2)c1. The van der Waals surface area contributed by atoms with E-state index in [0.717, 1.165) is 43.3 Å². The lowest BCUT2D eigenvalue weighted by Crippen LogP contribution is -2.20. The standard InChI is InChI=1S/C17H18F3N3O/c18-17(19,20)14-3-1-2-12(8-14)13-6-7-23(9-13)10-15-21-22-16(24-15)11-4-5-11/h1-3,8,11,13H,4-7,9-10H2/t13-/m1/s1. The van der Waals surface area contributed by atoms with Crippen LogP contribution in [0.4, 0.5) is 13.2 Å². The Morgan fingerprint density at radius 2 is 1.96 bits per heavy atom. The summed E-state index contributed by atoms with van der Waals surface area (Å²) in [5.41, 5.74) is 0.168. The van der Waals surface area contributed by atoms with Crippen LogP contribution in [0.5, 0.6) is 0 Å². The van der Waals surface area contributed by atoms with Gasteiger partial charge in [-0.2, -0.15) is 13.2 Å². The highest BCUT2D eigenvalue weighted by atomic mass is 19.4. The molecule has 1 aromatic carbocycles. The van der Waals surface area contributed by atoms with Crippen molar-refractivity contribution >= 4 is 0 Å². The van der Waals surface area contributed by atoms with Gasteiger partial charge in [-0.05, 0) is 43.4 Å². The molecule has 0 amide bonds. The number of hydrogen-bond acceptors (Lipinski definition) is 4. The molecule has 0 radical (unpaired) electrons. The molecule has 2 aromatic rings. The number of rotatable bonds is 4. The van der Waals surface area contributed by atoms with Crippen molar-refractivity contribution in [2.45, 2.75) is 43.8 Å². The third-order valence-corrected chi connectivity index (χ3v) is 4.73. The molecule has 4 rings (SSSR count). The molecule has 2 aliphatic rings. The molecule has 2 fully saturated rings. The average molecular weight is 337 g/mol. The third-order valence-electron chi connectivity index (χ3n) is 4.73. The zero-order valence-corrected chi connectivity index (χ0v) is 13.1. The lowest BCUT2D eigenvalue weighted by Gasteiger charge is -2.15. The van der Waals surface area contributed by atoms with Gasteiger partial charge in [0.25, 0.3) is 0 Å². The molecule has 0 bridgehead atoms. The Morgan fingerprint density at radius 3 is 2.71 bits per heavy atom. The number of aromatic nitrogens is 2. The van der Waals surface area contributed by atoms with Gasteiger partial charge in [-0.15, -0.1) is 10.2 Å². The normalized spacial score (nSPS) is 22.2. The Morgan fingerprint density at radius 1 is 1.12 bits per heavy atom. The lowest BCUT2D eigenvalue weighted by molar-refractivity contribution is -0.137. The topological polar surface area (TPSA) is 42.2 Å². The summed E-state index contributed by atoms with van der Waals surface area (Å²) in [7, 11) is 0. The molecule has 7 heteroatoms. The number of likely N-dealkylation sites (tertiary alicyclic amines) is 1. The van der Waals surface area contributed by atoms with E-state index in [4.69, 9.17) is 4.42 Å². The van der Waals surface area contributed by atoms with Gasteiger partial charge < -0.3 is 4.42 Å². The van der Waals surface area contributed by atoms with E-state index in [9.17, 15) is 13.2 Å². The average Bonchev–Trinajstić information content (AvgIpc) is 3.12. The maximum absolute atomic E-state index is 12.9. The van der Waals surface area contributed by atoms with Crippen LogP contribution in [0.2, 0.25) is 0 Å². The van der Waals surface area contributed by atoms with Crippen LogP contribution in [-0.2, 0) is 12.7 Å². The maximum Gasteiger partial charge on any atom is 0.416 e. The molecule has 1 saturated carbocycles. The first-order valence-corrected chi connectivity index (χ1v) is 8.21. The fourth-order valence-corrected chi connectivity index (χ4v) is 3.23. The summed E-state index contributed by atoms with van der Waals surface area (Å²) in [6.07, 6.45) is -1.23. The summed E-state index contributed by atoms with van der Waals surface area (Å²) >= 11 is 0. The molecule has 128 valence electrons. The fraction of sp³-hybridized carbons (Fsp3) is 0.529. The number of nitrogens with zero attached hydrogens (tertiary/aromatic N) is 3. The molecule has 1 atom stereocenters. The molecule has 1 saturated heterocycles. The van der Waals surface area contributed by atoms with E-state index in [2.05, 4.69) is 15.1 Å². The van der Waals surface area contributed by atoms with Gasteiger partial charge in [-0.1, -0.05) is 18.2 Å². The highest BCUT2D eigenvalue weighted by Crippen LogP contribution is 2.39. The Labute approximate surface area is 137 Å². The summed E-state index contributed by atoms with van der Waals surface area (Å²) < 4.78 is 44.2. The van der Waals surface area contributed by atoms with Gasteiger partial charge in [0.2, 0.25) is 11.8 Å². The highest BCUT2D eigenvalue weighted by Gasteiger charge is 2.33. The number of alkyl halides is 3. The molecule has 0 unspecified atom stereocenters. The van der Waals surface area contributed by atoms with Crippen LogP contribution < -0.4 is 0 Å². The van der Waals surface area contributed by atoms with Crippen LogP contribution in [0.25, 0.3) is 0 Å². The number of halogens is 3. The summed E-state index contributed by atoms with van der Waals surface area (Å²) in [5.74, 6) is 1.86. The Hall–Kier alpha value is -1.89. The molecule has 1 aromatic heterocycles. The van der Waals surface area contributed by atoms with Crippen molar-refractivity contribution in [1.82, 2.24) is 15.1 Å². The third kappa shape index (κ3) is 3.31. The van der Waals surface area contributed by atoms with Gasteiger partial charge >= 0.3 is 6.18 Å². The Bertz CT molecular complexity index is 724. The minimum atomic E-state index is -4.29. The molecule has 1 aliphatic carbocycles. The van der Waals surface area contributed by atoms with Crippen molar-refractivity contribution < 1.29 is 17.6 Å². The van der Waals surface area contributed by atoms with Crippen LogP contribution in [0, 0.1) is 0 Å². The molecular weight excluding hydrogens is 319 g/mol. The van der Waals surface area contributed by atoms with Crippen molar-refractivity contribution in [2.24, 2.45) is 0 Å². The molecule has 0 spiro atoms. The summed E-state index contributed by atoms with van der Waals surface area (Å²) in [6.45, 7) is 2.10. The zero-order chi connectivity index (χ0) is 16.7. The van der Waals surface area contributed by atoms with Gasteiger partial charge in [-0.25, -0.2) is 0 Å². The number of hydrogen-bond donors (Lipinski definition) is 0. The summed E-state index contributed by atoms with van der Waals surface area (Å²) in [6, 6.07) is 5.65. The van der Waals surface area contributed by atoms with Crippen LogP contribution in [0.3, 0.4) is 0 Å². The predicted molar refractivity (Wildman–Crippen MR) is 80.4 cm³/mol. The van der Waals surface area contributed by atoms with Crippen molar-refractivity contribution in [3.05, 3.63) is 47.2 Å². The van der Waals surface area contributed by atoms with Crippen LogP contribution >= 0.6 is 0 Å². The largest absolute Gasteiger partial charge is 0.424 e. The van der Waals surface area contributed by atoms with Gasteiger partial charge in [0.15, 0.2) is 0 Å². The van der Waals surface area contributed by atoms with Gasteiger partial charge in [0, 0.05) is 12.5 Å². The van der Waals surface area contributed by atoms with Gasteiger partial charge in [-0.3, -0.25) is 4.90 Å².